The molecule has 0 aliphatic rings. The topological polar surface area (TPSA) is 45.2 Å². The molecule has 0 unspecified atom stereocenters. The van der Waals surface area contributed by atoms with Crippen molar-refractivity contribution in [1.82, 2.24) is 4.98 Å². The fourth-order valence-corrected chi connectivity index (χ4v) is 3.67. The minimum absolute atomic E-state index is 0.0623. The van der Waals surface area contributed by atoms with E-state index in [9.17, 15) is 4.79 Å². The minimum atomic E-state index is 0.0623. The molecule has 2 aromatic carbocycles. The van der Waals surface area contributed by atoms with Crippen LogP contribution in [0.3, 0.4) is 0 Å². The van der Waals surface area contributed by atoms with Crippen molar-refractivity contribution in [2.45, 2.75) is 33.6 Å². The Morgan fingerprint density at radius 3 is 2.59 bits per heavy atom. The van der Waals surface area contributed by atoms with Crippen LogP contribution in [0.5, 0.6) is 0 Å². The van der Waals surface area contributed by atoms with Gasteiger partial charge in [0.15, 0.2) is 5.13 Å². The van der Waals surface area contributed by atoms with Crippen LogP contribution in [0.25, 0.3) is 0 Å². The number of anilines is 3. The molecule has 1 amide bonds. The van der Waals surface area contributed by atoms with Crippen molar-refractivity contribution in [3.8, 4) is 0 Å². The number of rotatable bonds is 7. The van der Waals surface area contributed by atoms with E-state index in [1.54, 1.807) is 0 Å². The molecule has 0 spiro atoms. The lowest BCUT2D eigenvalue weighted by molar-refractivity contribution is -0.118. The molecule has 0 bridgehead atoms. The second-order valence-corrected chi connectivity index (χ2v) is 7.33. The van der Waals surface area contributed by atoms with Crippen LogP contribution in [0.2, 0.25) is 0 Å². The molecule has 5 heteroatoms. The predicted octanol–water partition coefficient (Wildman–Crippen LogP) is 5.35. The number of hydrogen-bond donors (Lipinski definition) is 1. The number of amides is 1. The maximum absolute atomic E-state index is 12.8. The van der Waals surface area contributed by atoms with E-state index >= 15 is 0 Å². The van der Waals surface area contributed by atoms with Crippen LogP contribution in [0.15, 0.2) is 53.9 Å². The summed E-state index contributed by atoms with van der Waals surface area (Å²) in [6.07, 6.45) is 1.33. The van der Waals surface area contributed by atoms with Gasteiger partial charge in [0.1, 0.15) is 0 Å². The van der Waals surface area contributed by atoms with E-state index in [0.29, 0.717) is 13.0 Å². The molecule has 0 saturated carbocycles. The van der Waals surface area contributed by atoms with Gasteiger partial charge in [-0.3, -0.25) is 4.79 Å². The monoisotopic (exact) mass is 379 g/mol. The molecule has 0 aliphatic heterocycles. The third-order valence-electron chi connectivity index (χ3n) is 4.43. The molecule has 1 heterocycles. The van der Waals surface area contributed by atoms with Gasteiger partial charge in [-0.15, -0.1) is 11.3 Å². The van der Waals surface area contributed by atoms with Crippen molar-refractivity contribution in [3.05, 3.63) is 70.7 Å². The number of carbonyl (C=O) groups excluding carboxylic acids is 1. The number of likely N-dealkylation sites (N-methyl/N-ethyl adjacent to an activating group) is 1. The first-order valence-electron chi connectivity index (χ1n) is 9.26. The Bertz CT molecular complexity index is 902. The summed E-state index contributed by atoms with van der Waals surface area (Å²) < 4.78 is 0. The second-order valence-electron chi connectivity index (χ2n) is 6.47. The van der Waals surface area contributed by atoms with Crippen LogP contribution >= 0.6 is 11.3 Å². The fraction of sp³-hybridized carbons (Fsp3) is 0.273. The minimum Gasteiger partial charge on any atom is -0.332 e. The summed E-state index contributed by atoms with van der Waals surface area (Å²) in [7, 11) is 0. The summed E-state index contributed by atoms with van der Waals surface area (Å²) in [5, 5.41) is 6.07. The van der Waals surface area contributed by atoms with Gasteiger partial charge in [-0.2, -0.15) is 0 Å². The first-order valence-corrected chi connectivity index (χ1v) is 10.1. The van der Waals surface area contributed by atoms with Gasteiger partial charge in [0.05, 0.1) is 12.1 Å². The molecule has 0 radical (unpaired) electrons. The smallest absolute Gasteiger partial charge is 0.233 e. The SMILES string of the molecule is CCc1ccc(Nc2nc(CC(=O)N(CC)c3cccc(C)c3)cs2)cc1. The normalized spacial score (nSPS) is 10.6. The largest absolute Gasteiger partial charge is 0.332 e. The summed E-state index contributed by atoms with van der Waals surface area (Å²) in [6, 6.07) is 16.4. The first kappa shape index (κ1) is 19.1. The Hall–Kier alpha value is -2.66. The third kappa shape index (κ3) is 4.95. The van der Waals surface area contributed by atoms with E-state index in [-0.39, 0.29) is 5.91 Å². The van der Waals surface area contributed by atoms with Crippen molar-refractivity contribution < 1.29 is 4.79 Å². The van der Waals surface area contributed by atoms with Crippen LogP contribution in [0.1, 0.15) is 30.7 Å². The van der Waals surface area contributed by atoms with E-state index < -0.39 is 0 Å². The number of carbonyl (C=O) groups is 1. The van der Waals surface area contributed by atoms with Gasteiger partial charge in [0.25, 0.3) is 0 Å². The second kappa shape index (κ2) is 8.82. The first-order chi connectivity index (χ1) is 13.1. The molecular formula is C22H25N3OS. The zero-order valence-corrected chi connectivity index (χ0v) is 16.8. The summed E-state index contributed by atoms with van der Waals surface area (Å²) in [6.45, 7) is 6.81. The molecule has 3 rings (SSSR count). The standard InChI is InChI=1S/C22H25N3OS/c1-4-17-9-11-18(12-10-17)23-22-24-19(15-27-22)14-21(26)25(5-2)20-8-6-7-16(3)13-20/h6-13,15H,4-5,14H2,1-3H3,(H,23,24). The van der Waals surface area contributed by atoms with E-state index in [4.69, 9.17) is 0 Å². The highest BCUT2D eigenvalue weighted by Crippen LogP contribution is 2.23. The lowest BCUT2D eigenvalue weighted by Gasteiger charge is -2.21. The Labute approximate surface area is 164 Å². The highest BCUT2D eigenvalue weighted by atomic mass is 32.1. The van der Waals surface area contributed by atoms with Gasteiger partial charge in [0, 0.05) is 23.3 Å². The lowest BCUT2D eigenvalue weighted by atomic mass is 10.1. The summed E-state index contributed by atoms with van der Waals surface area (Å²) in [5.41, 5.74) is 5.19. The van der Waals surface area contributed by atoms with Gasteiger partial charge in [-0.25, -0.2) is 4.98 Å². The maximum atomic E-state index is 12.8. The van der Waals surface area contributed by atoms with E-state index in [1.165, 1.54) is 16.9 Å². The van der Waals surface area contributed by atoms with Crippen molar-refractivity contribution in [2.75, 3.05) is 16.8 Å². The van der Waals surface area contributed by atoms with Crippen LogP contribution in [0.4, 0.5) is 16.5 Å². The molecular weight excluding hydrogens is 354 g/mol. The molecule has 0 aliphatic carbocycles. The number of aryl methyl sites for hydroxylation is 2. The average Bonchev–Trinajstić information content (AvgIpc) is 3.10. The molecule has 1 aromatic heterocycles. The number of aromatic nitrogens is 1. The molecule has 0 saturated heterocycles. The third-order valence-corrected chi connectivity index (χ3v) is 5.23. The van der Waals surface area contributed by atoms with Gasteiger partial charge in [0.2, 0.25) is 5.91 Å². The van der Waals surface area contributed by atoms with E-state index in [2.05, 4.69) is 41.5 Å². The molecule has 27 heavy (non-hydrogen) atoms. The van der Waals surface area contributed by atoms with Gasteiger partial charge in [-0.05, 0) is 55.7 Å². The van der Waals surface area contributed by atoms with Crippen LogP contribution < -0.4 is 10.2 Å². The molecule has 140 valence electrons. The zero-order valence-electron chi connectivity index (χ0n) is 16.0. The van der Waals surface area contributed by atoms with Crippen molar-refractivity contribution in [3.63, 3.8) is 0 Å². The summed E-state index contributed by atoms with van der Waals surface area (Å²) in [4.78, 5) is 19.1. The zero-order chi connectivity index (χ0) is 19.2. The van der Waals surface area contributed by atoms with E-state index in [1.807, 2.05) is 48.4 Å². The van der Waals surface area contributed by atoms with Crippen LogP contribution in [-0.2, 0) is 17.6 Å². The Morgan fingerprint density at radius 1 is 1.15 bits per heavy atom. The number of nitrogens with zero attached hydrogens (tertiary/aromatic N) is 2. The van der Waals surface area contributed by atoms with Crippen molar-refractivity contribution >= 4 is 33.8 Å². The molecule has 4 nitrogen and oxygen atoms in total. The highest BCUT2D eigenvalue weighted by molar-refractivity contribution is 7.13. The molecule has 3 aromatic rings. The number of thiazole rings is 1. The summed E-state index contributed by atoms with van der Waals surface area (Å²) >= 11 is 1.52. The Kier molecular flexibility index (Phi) is 6.24. The quantitative estimate of drug-likeness (QED) is 0.601. The highest BCUT2D eigenvalue weighted by Gasteiger charge is 2.16. The van der Waals surface area contributed by atoms with Crippen molar-refractivity contribution in [1.29, 1.82) is 0 Å². The van der Waals surface area contributed by atoms with Crippen LogP contribution in [-0.4, -0.2) is 17.4 Å². The molecule has 0 fully saturated rings. The Morgan fingerprint density at radius 2 is 1.93 bits per heavy atom. The average molecular weight is 380 g/mol. The fourth-order valence-electron chi connectivity index (χ4n) is 2.94. The van der Waals surface area contributed by atoms with Crippen LogP contribution in [0, 0.1) is 6.92 Å². The number of benzene rings is 2. The van der Waals surface area contributed by atoms with Crippen molar-refractivity contribution in [2.24, 2.45) is 0 Å². The lowest BCUT2D eigenvalue weighted by Crippen LogP contribution is -2.32. The Balaban J connectivity index is 1.66. The van der Waals surface area contributed by atoms with Gasteiger partial charge < -0.3 is 10.2 Å². The van der Waals surface area contributed by atoms with E-state index in [0.717, 1.165) is 34.2 Å². The maximum Gasteiger partial charge on any atom is 0.233 e. The summed E-state index contributed by atoms with van der Waals surface area (Å²) in [5.74, 6) is 0.0623. The van der Waals surface area contributed by atoms with Gasteiger partial charge >= 0.3 is 0 Å². The molecule has 0 atom stereocenters. The predicted molar refractivity (Wildman–Crippen MR) is 114 cm³/mol. The number of hydrogen-bond acceptors (Lipinski definition) is 4. The number of nitrogens with one attached hydrogen (secondary N) is 1. The molecule has 1 N–H and O–H groups in total. The van der Waals surface area contributed by atoms with Gasteiger partial charge in [-0.1, -0.05) is 31.2 Å².